The maximum absolute atomic E-state index is 13.6. The van der Waals surface area contributed by atoms with Gasteiger partial charge in [-0.25, -0.2) is 4.39 Å². The minimum absolute atomic E-state index is 0.103. The normalized spacial score (nSPS) is 31.1. The molecule has 0 amide bonds. The molecule has 0 radical (unpaired) electrons. The van der Waals surface area contributed by atoms with E-state index in [1.807, 2.05) is 0 Å². The van der Waals surface area contributed by atoms with Crippen LogP contribution in [0.4, 0.5) is 4.39 Å². The predicted molar refractivity (Wildman–Crippen MR) is 62.8 cm³/mol. The zero-order valence-electron chi connectivity index (χ0n) is 9.93. The second kappa shape index (κ2) is 4.74. The van der Waals surface area contributed by atoms with E-state index in [0.717, 1.165) is 19.0 Å². The highest BCUT2D eigenvalue weighted by Gasteiger charge is 2.36. The molecule has 0 saturated carbocycles. The van der Waals surface area contributed by atoms with E-state index in [-0.39, 0.29) is 29.3 Å². The van der Waals surface area contributed by atoms with Gasteiger partial charge in [0.1, 0.15) is 0 Å². The van der Waals surface area contributed by atoms with Crippen LogP contribution >= 0.6 is 0 Å². The van der Waals surface area contributed by atoms with Crippen LogP contribution in [0.1, 0.15) is 23.2 Å². The number of Topliss-reactive ketones (excluding diaryl/α,β-unsaturated/α-hetero) is 1. The summed E-state index contributed by atoms with van der Waals surface area (Å²) in [5.41, 5.74) is 0.163. The molecule has 2 bridgehead atoms. The third-order valence-electron chi connectivity index (χ3n) is 3.66. The molecular weight excluding hydrogens is 235 g/mol. The number of pyridine rings is 1. The van der Waals surface area contributed by atoms with Crippen molar-refractivity contribution < 1.29 is 13.9 Å². The van der Waals surface area contributed by atoms with Crippen LogP contribution in [-0.2, 0) is 4.74 Å². The van der Waals surface area contributed by atoms with Crippen molar-refractivity contribution in [2.45, 2.75) is 24.9 Å². The monoisotopic (exact) mass is 250 g/mol. The van der Waals surface area contributed by atoms with Crippen molar-refractivity contribution in [3.63, 3.8) is 0 Å². The molecule has 96 valence electrons. The summed E-state index contributed by atoms with van der Waals surface area (Å²) in [6, 6.07) is 1.90. The van der Waals surface area contributed by atoms with Gasteiger partial charge in [0.2, 0.25) is 0 Å². The molecule has 0 spiro atoms. The number of piperidine rings is 1. The van der Waals surface area contributed by atoms with Crippen LogP contribution in [0.25, 0.3) is 0 Å². The van der Waals surface area contributed by atoms with Crippen LogP contribution < -0.4 is 5.32 Å². The van der Waals surface area contributed by atoms with Crippen LogP contribution in [-0.4, -0.2) is 36.1 Å². The van der Waals surface area contributed by atoms with Gasteiger partial charge in [-0.1, -0.05) is 0 Å². The van der Waals surface area contributed by atoms with E-state index < -0.39 is 5.82 Å². The van der Waals surface area contributed by atoms with Crippen LogP contribution in [0.2, 0.25) is 0 Å². The Morgan fingerprint density at radius 2 is 2.11 bits per heavy atom. The number of nitrogens with one attached hydrogen (secondary N) is 1. The van der Waals surface area contributed by atoms with E-state index in [2.05, 4.69) is 10.3 Å². The molecule has 1 aromatic rings. The number of halogens is 1. The topological polar surface area (TPSA) is 51.2 Å². The Hall–Kier alpha value is -1.33. The number of ketones is 1. The Balaban J connectivity index is 1.79. The summed E-state index contributed by atoms with van der Waals surface area (Å²) in [5, 5.41) is 3.42. The lowest BCUT2D eigenvalue weighted by atomic mass is 9.82. The second-order valence-corrected chi connectivity index (χ2v) is 4.99. The van der Waals surface area contributed by atoms with Crippen molar-refractivity contribution in [2.24, 2.45) is 5.92 Å². The van der Waals surface area contributed by atoms with Gasteiger partial charge in [0, 0.05) is 24.2 Å². The number of carbonyl (C=O) groups excluding carboxylic acids is 1. The fourth-order valence-electron chi connectivity index (χ4n) is 2.85. The minimum Gasteiger partial charge on any atom is -0.378 e. The molecule has 2 atom stereocenters. The Morgan fingerprint density at radius 3 is 2.78 bits per heavy atom. The van der Waals surface area contributed by atoms with Gasteiger partial charge in [0.15, 0.2) is 11.6 Å². The molecule has 2 aliphatic rings. The molecular formula is C13H15FN2O2. The molecule has 1 N–H and O–H groups in total. The average Bonchev–Trinajstić information content (AvgIpc) is 2.38. The first-order valence-corrected chi connectivity index (χ1v) is 6.21. The fourth-order valence-corrected chi connectivity index (χ4v) is 2.85. The summed E-state index contributed by atoms with van der Waals surface area (Å²) in [6.07, 6.45) is 3.99. The molecule has 2 aliphatic heterocycles. The predicted octanol–water partition coefficient (Wildman–Crippen LogP) is 1.17. The fraction of sp³-hybridized carbons (Fsp3) is 0.538. The number of hydrogen-bond acceptors (Lipinski definition) is 4. The lowest BCUT2D eigenvalue weighted by Gasteiger charge is -2.39. The summed E-state index contributed by atoms with van der Waals surface area (Å²) in [5.74, 6) is -0.738. The van der Waals surface area contributed by atoms with Crippen molar-refractivity contribution >= 4 is 5.78 Å². The number of ether oxygens (including phenoxy) is 1. The van der Waals surface area contributed by atoms with Gasteiger partial charge in [0.05, 0.1) is 25.0 Å². The zero-order valence-corrected chi connectivity index (χ0v) is 9.93. The number of fused-ring (bicyclic) bond motifs is 2. The summed E-state index contributed by atoms with van der Waals surface area (Å²) in [6.45, 7) is 1.28. The largest absolute Gasteiger partial charge is 0.378 e. The zero-order chi connectivity index (χ0) is 12.5. The molecule has 18 heavy (non-hydrogen) atoms. The molecule has 0 aliphatic carbocycles. The third-order valence-corrected chi connectivity index (χ3v) is 3.66. The Kier molecular flexibility index (Phi) is 3.09. The van der Waals surface area contributed by atoms with Gasteiger partial charge in [-0.15, -0.1) is 0 Å². The van der Waals surface area contributed by atoms with Gasteiger partial charge >= 0.3 is 0 Å². The molecule has 2 fully saturated rings. The molecule has 3 rings (SSSR count). The van der Waals surface area contributed by atoms with Crippen LogP contribution in [0.15, 0.2) is 18.5 Å². The molecule has 2 unspecified atom stereocenters. The van der Waals surface area contributed by atoms with E-state index >= 15 is 0 Å². The number of hydrogen-bond donors (Lipinski definition) is 1. The van der Waals surface area contributed by atoms with Crippen LogP contribution in [0, 0.1) is 11.7 Å². The standard InChI is InChI=1S/C13H15FN2O2/c14-12-5-15-2-1-11(12)13(17)8-3-9-6-18-7-10(4-8)16-9/h1-2,5,8-10,16H,3-4,6-7H2. The average molecular weight is 250 g/mol. The first-order valence-electron chi connectivity index (χ1n) is 6.21. The lowest BCUT2D eigenvalue weighted by molar-refractivity contribution is 0.00945. The highest BCUT2D eigenvalue weighted by Crippen LogP contribution is 2.27. The van der Waals surface area contributed by atoms with E-state index in [1.165, 1.54) is 12.3 Å². The summed E-state index contributed by atoms with van der Waals surface area (Å²) >= 11 is 0. The Bertz CT molecular complexity index is 454. The molecule has 1 aromatic heterocycles. The van der Waals surface area contributed by atoms with Gasteiger partial charge in [-0.05, 0) is 18.9 Å². The van der Waals surface area contributed by atoms with Crippen molar-refractivity contribution in [3.05, 3.63) is 29.8 Å². The maximum Gasteiger partial charge on any atom is 0.169 e. The summed E-state index contributed by atoms with van der Waals surface area (Å²) < 4.78 is 19.0. The number of nitrogens with zero attached hydrogens (tertiary/aromatic N) is 1. The first-order chi connectivity index (χ1) is 8.74. The van der Waals surface area contributed by atoms with Crippen molar-refractivity contribution in [1.29, 1.82) is 0 Å². The summed E-state index contributed by atoms with van der Waals surface area (Å²) in [7, 11) is 0. The maximum atomic E-state index is 13.6. The lowest BCUT2D eigenvalue weighted by Crippen LogP contribution is -2.55. The van der Waals surface area contributed by atoms with E-state index in [0.29, 0.717) is 13.2 Å². The molecule has 3 heterocycles. The van der Waals surface area contributed by atoms with E-state index in [1.54, 1.807) is 0 Å². The highest BCUT2D eigenvalue weighted by molar-refractivity contribution is 5.98. The molecule has 4 nitrogen and oxygen atoms in total. The molecule has 5 heteroatoms. The Labute approximate surface area is 105 Å². The van der Waals surface area contributed by atoms with Crippen molar-refractivity contribution in [1.82, 2.24) is 10.3 Å². The Morgan fingerprint density at radius 1 is 1.39 bits per heavy atom. The van der Waals surface area contributed by atoms with E-state index in [9.17, 15) is 9.18 Å². The quantitative estimate of drug-likeness (QED) is 0.801. The molecule has 2 saturated heterocycles. The first kappa shape index (κ1) is 11.7. The number of carbonyl (C=O) groups is 1. The number of rotatable bonds is 2. The smallest absolute Gasteiger partial charge is 0.169 e. The van der Waals surface area contributed by atoms with Crippen LogP contribution in [0.5, 0.6) is 0 Å². The van der Waals surface area contributed by atoms with Crippen molar-refractivity contribution in [3.8, 4) is 0 Å². The van der Waals surface area contributed by atoms with Gasteiger partial charge in [0.25, 0.3) is 0 Å². The molecule has 0 aromatic carbocycles. The highest BCUT2D eigenvalue weighted by atomic mass is 19.1. The number of aromatic nitrogens is 1. The van der Waals surface area contributed by atoms with Gasteiger partial charge < -0.3 is 10.1 Å². The SMILES string of the molecule is O=C(c1ccncc1F)C1CC2COCC(C1)N2. The van der Waals surface area contributed by atoms with Gasteiger partial charge in [-0.2, -0.15) is 0 Å². The van der Waals surface area contributed by atoms with Gasteiger partial charge in [-0.3, -0.25) is 9.78 Å². The van der Waals surface area contributed by atoms with E-state index in [4.69, 9.17) is 4.74 Å². The van der Waals surface area contributed by atoms with Crippen LogP contribution in [0.3, 0.4) is 0 Å². The second-order valence-electron chi connectivity index (χ2n) is 4.99. The van der Waals surface area contributed by atoms with Crippen molar-refractivity contribution in [2.75, 3.05) is 13.2 Å². The number of morpholine rings is 1. The minimum atomic E-state index is -0.526. The third kappa shape index (κ3) is 2.15. The summed E-state index contributed by atoms with van der Waals surface area (Å²) in [4.78, 5) is 16.0.